The van der Waals surface area contributed by atoms with Crippen LogP contribution in [0.3, 0.4) is 0 Å². The molecule has 2 unspecified atom stereocenters. The Balaban J connectivity index is 0.00000225. The maximum atomic E-state index is 12.1. The summed E-state index contributed by atoms with van der Waals surface area (Å²) in [5, 5.41) is 8.87. The quantitative estimate of drug-likeness (QED) is 0.867. The van der Waals surface area contributed by atoms with Gasteiger partial charge in [-0.05, 0) is 12.0 Å². The van der Waals surface area contributed by atoms with E-state index in [0.717, 1.165) is 0 Å². The lowest BCUT2D eigenvalue weighted by atomic mass is 10.0. The first-order chi connectivity index (χ1) is 6.91. The number of halogens is 4. The fourth-order valence-corrected chi connectivity index (χ4v) is 1.24. The second-order valence-electron chi connectivity index (χ2n) is 3.34. The highest BCUT2D eigenvalue weighted by molar-refractivity contribution is 5.85. The van der Waals surface area contributed by atoms with E-state index in [1.54, 1.807) is 30.3 Å². The van der Waals surface area contributed by atoms with Crippen LogP contribution >= 0.6 is 12.4 Å². The first kappa shape index (κ1) is 15.2. The molecular formula is C10H13ClF3NO. The zero-order valence-electron chi connectivity index (χ0n) is 8.32. The van der Waals surface area contributed by atoms with Gasteiger partial charge in [0.25, 0.3) is 0 Å². The number of rotatable bonds is 3. The van der Waals surface area contributed by atoms with E-state index in [0.29, 0.717) is 5.56 Å². The Hall–Kier alpha value is -0.780. The van der Waals surface area contributed by atoms with Gasteiger partial charge in [-0.15, -0.1) is 12.4 Å². The van der Waals surface area contributed by atoms with Crippen molar-refractivity contribution in [2.45, 2.75) is 24.7 Å². The van der Waals surface area contributed by atoms with E-state index >= 15 is 0 Å². The van der Waals surface area contributed by atoms with Crippen molar-refractivity contribution in [2.24, 2.45) is 5.73 Å². The van der Waals surface area contributed by atoms with Crippen molar-refractivity contribution in [3.63, 3.8) is 0 Å². The molecule has 0 spiro atoms. The summed E-state index contributed by atoms with van der Waals surface area (Å²) < 4.78 is 36.2. The lowest BCUT2D eigenvalue weighted by Crippen LogP contribution is -2.46. The zero-order chi connectivity index (χ0) is 11.5. The zero-order valence-corrected chi connectivity index (χ0v) is 9.13. The third kappa shape index (κ3) is 4.38. The number of nitrogens with two attached hydrogens (primary N) is 1. The summed E-state index contributed by atoms with van der Waals surface area (Å²) >= 11 is 0. The molecule has 0 aliphatic carbocycles. The minimum Gasteiger partial charge on any atom is -0.382 e. The molecule has 1 aromatic carbocycles. The summed E-state index contributed by atoms with van der Waals surface area (Å²) in [4.78, 5) is 0. The molecule has 0 aromatic heterocycles. The SMILES string of the molecule is Cl.NC(Cc1ccccc1)C(O)C(F)(F)F. The number of aliphatic hydroxyl groups excluding tert-OH is 1. The summed E-state index contributed by atoms with van der Waals surface area (Å²) in [7, 11) is 0. The Morgan fingerprint density at radius 1 is 1.19 bits per heavy atom. The Bertz CT molecular complexity index is 305. The van der Waals surface area contributed by atoms with E-state index in [-0.39, 0.29) is 18.8 Å². The van der Waals surface area contributed by atoms with Gasteiger partial charge in [0.1, 0.15) is 0 Å². The molecule has 16 heavy (non-hydrogen) atoms. The number of alkyl halides is 3. The van der Waals surface area contributed by atoms with Crippen molar-refractivity contribution in [2.75, 3.05) is 0 Å². The summed E-state index contributed by atoms with van der Waals surface area (Å²) in [5.74, 6) is 0. The molecule has 92 valence electrons. The molecule has 0 heterocycles. The van der Waals surface area contributed by atoms with Crippen molar-refractivity contribution >= 4 is 12.4 Å². The normalized spacial score (nSPS) is 15.1. The smallest absolute Gasteiger partial charge is 0.382 e. The Kier molecular flexibility index (Phi) is 5.78. The van der Waals surface area contributed by atoms with E-state index < -0.39 is 18.3 Å². The number of aliphatic hydroxyl groups is 1. The van der Waals surface area contributed by atoms with Gasteiger partial charge in [0.15, 0.2) is 6.10 Å². The average Bonchev–Trinajstić information content (AvgIpc) is 2.16. The second kappa shape index (κ2) is 6.08. The molecule has 2 atom stereocenters. The van der Waals surface area contributed by atoms with E-state index in [9.17, 15) is 13.2 Å². The van der Waals surface area contributed by atoms with Gasteiger partial charge in [0.2, 0.25) is 0 Å². The van der Waals surface area contributed by atoms with Crippen molar-refractivity contribution in [3.05, 3.63) is 35.9 Å². The Morgan fingerprint density at radius 2 is 1.69 bits per heavy atom. The van der Waals surface area contributed by atoms with Crippen LogP contribution in [0.5, 0.6) is 0 Å². The van der Waals surface area contributed by atoms with Crippen LogP contribution in [0.4, 0.5) is 13.2 Å². The number of hydrogen-bond acceptors (Lipinski definition) is 2. The third-order valence-corrected chi connectivity index (χ3v) is 2.06. The van der Waals surface area contributed by atoms with Gasteiger partial charge in [-0.25, -0.2) is 0 Å². The predicted molar refractivity (Wildman–Crippen MR) is 57.4 cm³/mol. The standard InChI is InChI=1S/C10H12F3NO.ClH/c11-10(12,13)9(15)8(14)6-7-4-2-1-3-5-7;/h1-5,8-9,15H,6,14H2;1H. The Labute approximate surface area is 97.7 Å². The van der Waals surface area contributed by atoms with Gasteiger partial charge in [-0.1, -0.05) is 30.3 Å². The minimum absolute atomic E-state index is 0. The first-order valence-electron chi connectivity index (χ1n) is 4.45. The molecule has 2 nitrogen and oxygen atoms in total. The van der Waals surface area contributed by atoms with E-state index in [1.807, 2.05) is 0 Å². The molecule has 0 fully saturated rings. The molecule has 0 bridgehead atoms. The van der Waals surface area contributed by atoms with Crippen molar-refractivity contribution in [3.8, 4) is 0 Å². The highest BCUT2D eigenvalue weighted by Gasteiger charge is 2.41. The number of benzene rings is 1. The maximum Gasteiger partial charge on any atom is 0.415 e. The van der Waals surface area contributed by atoms with Crippen LogP contribution in [0.1, 0.15) is 5.56 Å². The molecular weight excluding hydrogens is 243 g/mol. The monoisotopic (exact) mass is 255 g/mol. The molecule has 0 saturated carbocycles. The van der Waals surface area contributed by atoms with Crippen LogP contribution < -0.4 is 5.73 Å². The maximum absolute atomic E-state index is 12.1. The molecule has 3 N–H and O–H groups in total. The van der Waals surface area contributed by atoms with Crippen LogP contribution in [0.2, 0.25) is 0 Å². The van der Waals surface area contributed by atoms with Crippen molar-refractivity contribution in [1.29, 1.82) is 0 Å². The summed E-state index contributed by atoms with van der Waals surface area (Å²) in [5.41, 5.74) is 5.94. The fourth-order valence-electron chi connectivity index (χ4n) is 1.24. The molecule has 0 aliphatic heterocycles. The third-order valence-electron chi connectivity index (χ3n) is 2.06. The molecule has 6 heteroatoms. The van der Waals surface area contributed by atoms with Gasteiger partial charge in [0.05, 0.1) is 0 Å². The van der Waals surface area contributed by atoms with Gasteiger partial charge >= 0.3 is 6.18 Å². The largest absolute Gasteiger partial charge is 0.415 e. The summed E-state index contributed by atoms with van der Waals surface area (Å²) in [6.07, 6.45) is -7.13. The van der Waals surface area contributed by atoms with Crippen LogP contribution in [-0.2, 0) is 6.42 Å². The van der Waals surface area contributed by atoms with Crippen LogP contribution in [0.25, 0.3) is 0 Å². The Morgan fingerprint density at radius 3 is 2.12 bits per heavy atom. The van der Waals surface area contributed by atoms with Gasteiger partial charge in [0, 0.05) is 6.04 Å². The van der Waals surface area contributed by atoms with E-state index in [4.69, 9.17) is 10.8 Å². The molecule has 1 aromatic rings. The second-order valence-corrected chi connectivity index (χ2v) is 3.34. The molecule has 0 aliphatic rings. The minimum atomic E-state index is -4.66. The molecule has 1 rings (SSSR count). The summed E-state index contributed by atoms with van der Waals surface area (Å²) in [6.45, 7) is 0. The van der Waals surface area contributed by atoms with Gasteiger partial charge < -0.3 is 10.8 Å². The topological polar surface area (TPSA) is 46.2 Å². The van der Waals surface area contributed by atoms with Crippen LogP contribution in [0, 0.1) is 0 Å². The highest BCUT2D eigenvalue weighted by atomic mass is 35.5. The fraction of sp³-hybridized carbons (Fsp3) is 0.400. The van der Waals surface area contributed by atoms with E-state index in [2.05, 4.69) is 0 Å². The lowest BCUT2D eigenvalue weighted by molar-refractivity contribution is -0.209. The average molecular weight is 256 g/mol. The first-order valence-corrected chi connectivity index (χ1v) is 4.45. The molecule has 0 radical (unpaired) electrons. The van der Waals surface area contributed by atoms with Gasteiger partial charge in [-0.2, -0.15) is 13.2 Å². The van der Waals surface area contributed by atoms with Crippen molar-refractivity contribution in [1.82, 2.24) is 0 Å². The lowest BCUT2D eigenvalue weighted by Gasteiger charge is -2.21. The van der Waals surface area contributed by atoms with Crippen molar-refractivity contribution < 1.29 is 18.3 Å². The summed E-state index contributed by atoms with van der Waals surface area (Å²) in [6, 6.07) is 7.19. The molecule has 0 amide bonds. The highest BCUT2D eigenvalue weighted by Crippen LogP contribution is 2.22. The van der Waals surface area contributed by atoms with Crippen LogP contribution in [0.15, 0.2) is 30.3 Å². The van der Waals surface area contributed by atoms with E-state index in [1.165, 1.54) is 0 Å². The molecule has 0 saturated heterocycles. The van der Waals surface area contributed by atoms with Gasteiger partial charge in [-0.3, -0.25) is 0 Å². The predicted octanol–water partition coefficient (Wildman–Crippen LogP) is 1.90. The van der Waals surface area contributed by atoms with Crippen LogP contribution in [-0.4, -0.2) is 23.4 Å². The number of hydrogen-bond donors (Lipinski definition) is 2.